The fourth-order valence-electron chi connectivity index (χ4n) is 2.36. The molecule has 128 valence electrons. The number of rotatable bonds is 4. The number of aromatic nitrogens is 3. The quantitative estimate of drug-likeness (QED) is 0.767. The van der Waals surface area contributed by atoms with Gasteiger partial charge in [0.1, 0.15) is 5.82 Å². The molecule has 2 aromatic heterocycles. The molecule has 0 saturated carbocycles. The first-order chi connectivity index (χ1) is 12.0. The Morgan fingerprint density at radius 3 is 2.60 bits per heavy atom. The molecule has 2 amide bonds. The summed E-state index contributed by atoms with van der Waals surface area (Å²) in [5.74, 6) is 0.830. The van der Waals surface area contributed by atoms with Crippen LogP contribution in [-0.2, 0) is 0 Å². The van der Waals surface area contributed by atoms with E-state index in [0.717, 1.165) is 22.8 Å². The van der Waals surface area contributed by atoms with E-state index in [1.54, 1.807) is 17.1 Å². The van der Waals surface area contributed by atoms with Gasteiger partial charge in [0, 0.05) is 32.2 Å². The highest BCUT2D eigenvalue weighted by Crippen LogP contribution is 2.19. The van der Waals surface area contributed by atoms with Crippen LogP contribution in [0.25, 0.3) is 5.69 Å². The van der Waals surface area contributed by atoms with Gasteiger partial charge in [0.05, 0.1) is 17.6 Å². The largest absolute Gasteiger partial charge is 0.363 e. The van der Waals surface area contributed by atoms with Crippen molar-refractivity contribution in [1.82, 2.24) is 14.8 Å². The molecule has 0 aliphatic heterocycles. The summed E-state index contributed by atoms with van der Waals surface area (Å²) in [5, 5.41) is 9.83. The maximum absolute atomic E-state index is 12.2. The summed E-state index contributed by atoms with van der Waals surface area (Å²) >= 11 is 0. The minimum atomic E-state index is -0.311. The van der Waals surface area contributed by atoms with Crippen LogP contribution in [0.15, 0.2) is 55.0 Å². The Balaban J connectivity index is 1.66. The first kappa shape index (κ1) is 16.5. The van der Waals surface area contributed by atoms with Crippen molar-refractivity contribution in [2.24, 2.45) is 0 Å². The molecular formula is C18H20N6O. The zero-order valence-electron chi connectivity index (χ0n) is 14.4. The van der Waals surface area contributed by atoms with Crippen LogP contribution in [0.5, 0.6) is 0 Å². The molecular weight excluding hydrogens is 316 g/mol. The topological polar surface area (TPSA) is 75.1 Å². The summed E-state index contributed by atoms with van der Waals surface area (Å²) < 4.78 is 1.77. The monoisotopic (exact) mass is 336 g/mol. The van der Waals surface area contributed by atoms with Crippen molar-refractivity contribution in [2.45, 2.75) is 6.92 Å². The molecule has 0 radical (unpaired) electrons. The number of hydrogen-bond donors (Lipinski definition) is 2. The van der Waals surface area contributed by atoms with Crippen molar-refractivity contribution in [3.63, 3.8) is 0 Å². The Morgan fingerprint density at radius 2 is 2.00 bits per heavy atom. The van der Waals surface area contributed by atoms with Crippen molar-refractivity contribution < 1.29 is 4.79 Å². The van der Waals surface area contributed by atoms with Gasteiger partial charge in [0.15, 0.2) is 0 Å². The lowest BCUT2D eigenvalue weighted by molar-refractivity contribution is 0.262. The van der Waals surface area contributed by atoms with E-state index in [1.165, 1.54) is 0 Å². The second kappa shape index (κ2) is 7.04. The molecule has 0 fully saturated rings. The van der Waals surface area contributed by atoms with Crippen LogP contribution in [0.3, 0.4) is 0 Å². The van der Waals surface area contributed by atoms with E-state index in [0.29, 0.717) is 5.69 Å². The molecule has 0 aliphatic rings. The maximum atomic E-state index is 12.2. The summed E-state index contributed by atoms with van der Waals surface area (Å²) in [6.07, 6.45) is 5.23. The summed E-state index contributed by atoms with van der Waals surface area (Å²) in [5.41, 5.74) is 3.27. The SMILES string of the molecule is Cc1cc(-n2cccn2)ccc1NC(=O)Nc1ccc(N(C)C)nc1. The number of nitrogens with one attached hydrogen (secondary N) is 2. The van der Waals surface area contributed by atoms with E-state index in [-0.39, 0.29) is 6.03 Å². The average molecular weight is 336 g/mol. The molecule has 1 aromatic carbocycles. The maximum Gasteiger partial charge on any atom is 0.323 e. The van der Waals surface area contributed by atoms with Crippen molar-refractivity contribution >= 4 is 23.2 Å². The van der Waals surface area contributed by atoms with Gasteiger partial charge in [-0.3, -0.25) is 0 Å². The third kappa shape index (κ3) is 3.95. The first-order valence-corrected chi connectivity index (χ1v) is 7.85. The van der Waals surface area contributed by atoms with Crippen LogP contribution >= 0.6 is 0 Å². The standard InChI is InChI=1S/C18H20N6O/c1-13-11-15(24-10-4-9-20-24)6-7-16(13)22-18(25)21-14-5-8-17(19-12-14)23(2)3/h4-12H,1-3H3,(H2,21,22,25). The van der Waals surface area contributed by atoms with Crippen molar-refractivity contribution in [1.29, 1.82) is 0 Å². The predicted octanol–water partition coefficient (Wildman–Crippen LogP) is 3.29. The highest BCUT2D eigenvalue weighted by Gasteiger charge is 2.07. The van der Waals surface area contributed by atoms with Crippen molar-refractivity contribution in [3.8, 4) is 5.69 Å². The van der Waals surface area contributed by atoms with Gasteiger partial charge in [0.2, 0.25) is 0 Å². The number of benzene rings is 1. The molecule has 7 nitrogen and oxygen atoms in total. The average Bonchev–Trinajstić information content (AvgIpc) is 3.11. The van der Waals surface area contributed by atoms with Crippen molar-refractivity contribution in [2.75, 3.05) is 29.6 Å². The van der Waals surface area contributed by atoms with Gasteiger partial charge in [-0.05, 0) is 48.9 Å². The molecule has 0 atom stereocenters. The van der Waals surface area contributed by atoms with E-state index in [2.05, 4.69) is 20.7 Å². The van der Waals surface area contributed by atoms with Crippen molar-refractivity contribution in [3.05, 3.63) is 60.6 Å². The molecule has 0 saturated heterocycles. The number of anilines is 3. The van der Waals surface area contributed by atoms with Gasteiger partial charge in [-0.2, -0.15) is 5.10 Å². The number of aryl methyl sites for hydroxylation is 1. The number of urea groups is 1. The smallest absolute Gasteiger partial charge is 0.323 e. The lowest BCUT2D eigenvalue weighted by Gasteiger charge is -2.13. The molecule has 25 heavy (non-hydrogen) atoms. The predicted molar refractivity (Wildman–Crippen MR) is 99.5 cm³/mol. The Labute approximate surface area is 146 Å². The zero-order valence-corrected chi connectivity index (χ0v) is 14.4. The van der Waals surface area contributed by atoms with E-state index in [9.17, 15) is 4.79 Å². The van der Waals surface area contributed by atoms with Crippen LogP contribution < -0.4 is 15.5 Å². The van der Waals surface area contributed by atoms with Crippen LogP contribution in [0.2, 0.25) is 0 Å². The van der Waals surface area contributed by atoms with Gasteiger partial charge in [-0.15, -0.1) is 0 Å². The fourth-order valence-corrected chi connectivity index (χ4v) is 2.36. The molecule has 0 bridgehead atoms. The van der Waals surface area contributed by atoms with E-state index in [4.69, 9.17) is 0 Å². The molecule has 0 spiro atoms. The Hall–Kier alpha value is -3.35. The second-order valence-electron chi connectivity index (χ2n) is 5.83. The Morgan fingerprint density at radius 1 is 1.16 bits per heavy atom. The van der Waals surface area contributed by atoms with Gasteiger partial charge in [-0.1, -0.05) is 0 Å². The lowest BCUT2D eigenvalue weighted by atomic mass is 10.2. The Bertz CT molecular complexity index is 856. The van der Waals surface area contributed by atoms with Crippen LogP contribution in [0, 0.1) is 6.92 Å². The highest BCUT2D eigenvalue weighted by molar-refractivity contribution is 6.00. The van der Waals surface area contributed by atoms with Gasteiger partial charge < -0.3 is 15.5 Å². The number of hydrogen-bond acceptors (Lipinski definition) is 4. The number of amides is 2. The fraction of sp³-hybridized carbons (Fsp3) is 0.167. The van der Waals surface area contributed by atoms with Crippen LogP contribution in [-0.4, -0.2) is 34.9 Å². The van der Waals surface area contributed by atoms with E-state index in [1.807, 2.05) is 68.5 Å². The van der Waals surface area contributed by atoms with E-state index < -0.39 is 0 Å². The minimum absolute atomic E-state index is 0.311. The number of pyridine rings is 1. The normalized spacial score (nSPS) is 10.4. The third-order valence-electron chi connectivity index (χ3n) is 3.69. The summed E-state index contributed by atoms with van der Waals surface area (Å²) in [7, 11) is 3.83. The molecule has 2 N–H and O–H groups in total. The summed E-state index contributed by atoms with van der Waals surface area (Å²) in [6, 6.07) is 11.0. The summed E-state index contributed by atoms with van der Waals surface area (Å²) in [4.78, 5) is 18.4. The Kier molecular flexibility index (Phi) is 4.65. The second-order valence-corrected chi connectivity index (χ2v) is 5.83. The van der Waals surface area contributed by atoms with Gasteiger partial charge >= 0.3 is 6.03 Å². The third-order valence-corrected chi connectivity index (χ3v) is 3.69. The molecule has 7 heteroatoms. The highest BCUT2D eigenvalue weighted by atomic mass is 16.2. The molecule has 3 rings (SSSR count). The van der Waals surface area contributed by atoms with Gasteiger partial charge in [-0.25, -0.2) is 14.5 Å². The summed E-state index contributed by atoms with van der Waals surface area (Å²) in [6.45, 7) is 1.94. The molecule has 0 unspecified atom stereocenters. The lowest BCUT2D eigenvalue weighted by Crippen LogP contribution is -2.20. The van der Waals surface area contributed by atoms with Crippen LogP contribution in [0.4, 0.5) is 22.0 Å². The minimum Gasteiger partial charge on any atom is -0.363 e. The number of carbonyl (C=O) groups excluding carboxylic acids is 1. The number of carbonyl (C=O) groups is 1. The molecule has 0 aliphatic carbocycles. The van der Waals surface area contributed by atoms with Crippen LogP contribution in [0.1, 0.15) is 5.56 Å². The molecule has 3 aromatic rings. The van der Waals surface area contributed by atoms with Gasteiger partial charge in [0.25, 0.3) is 0 Å². The zero-order chi connectivity index (χ0) is 17.8. The molecule has 2 heterocycles. The van der Waals surface area contributed by atoms with E-state index >= 15 is 0 Å². The first-order valence-electron chi connectivity index (χ1n) is 7.85. The number of nitrogens with zero attached hydrogens (tertiary/aromatic N) is 4.